The van der Waals surface area contributed by atoms with Crippen molar-refractivity contribution in [1.29, 1.82) is 5.26 Å². The number of nitriles is 1. The highest BCUT2D eigenvalue weighted by molar-refractivity contribution is 5.81. The number of amides is 1. The van der Waals surface area contributed by atoms with Gasteiger partial charge in [0.15, 0.2) is 0 Å². The molecule has 84 valence electrons. The maximum atomic E-state index is 12.0. The lowest BCUT2D eigenvalue weighted by Gasteiger charge is -2.29. The van der Waals surface area contributed by atoms with E-state index in [1.807, 2.05) is 11.8 Å². The molecule has 1 aliphatic rings. The first-order chi connectivity index (χ1) is 7.11. The van der Waals surface area contributed by atoms with Crippen molar-refractivity contribution >= 4 is 5.91 Å². The van der Waals surface area contributed by atoms with E-state index in [1.165, 1.54) is 0 Å². The van der Waals surface area contributed by atoms with E-state index in [0.29, 0.717) is 18.4 Å². The lowest BCUT2D eigenvalue weighted by molar-refractivity contribution is -0.135. The van der Waals surface area contributed by atoms with Crippen molar-refractivity contribution in [2.45, 2.75) is 46.1 Å². The van der Waals surface area contributed by atoms with Crippen molar-refractivity contribution in [1.82, 2.24) is 4.90 Å². The molecule has 0 N–H and O–H groups in total. The first-order valence-electron chi connectivity index (χ1n) is 5.81. The third-order valence-corrected chi connectivity index (χ3v) is 3.21. The number of hydrogen-bond donors (Lipinski definition) is 0. The van der Waals surface area contributed by atoms with Crippen molar-refractivity contribution in [3.05, 3.63) is 0 Å². The average molecular weight is 208 g/mol. The first kappa shape index (κ1) is 12.0. The van der Waals surface area contributed by atoms with Gasteiger partial charge in [0.1, 0.15) is 5.92 Å². The van der Waals surface area contributed by atoms with E-state index in [0.717, 1.165) is 19.4 Å². The van der Waals surface area contributed by atoms with E-state index in [-0.39, 0.29) is 5.91 Å². The molecule has 0 aromatic heterocycles. The summed E-state index contributed by atoms with van der Waals surface area (Å²) in [4.78, 5) is 13.9. The molecule has 0 saturated carbocycles. The summed E-state index contributed by atoms with van der Waals surface area (Å²) < 4.78 is 0. The molecule has 1 rings (SSSR count). The van der Waals surface area contributed by atoms with Crippen LogP contribution in [0.3, 0.4) is 0 Å². The zero-order valence-corrected chi connectivity index (χ0v) is 9.86. The summed E-state index contributed by atoms with van der Waals surface area (Å²) in [5.74, 6) is 0.0909. The van der Waals surface area contributed by atoms with E-state index >= 15 is 0 Å². The molecule has 2 atom stereocenters. The number of rotatable bonds is 3. The fourth-order valence-corrected chi connectivity index (χ4v) is 2.28. The standard InChI is InChI=1S/C12H20N2O/c1-4-10(8-13)12(15)14-7-5-6-11(14)9(2)3/h9-11H,4-7H2,1-3H3. The number of carbonyl (C=O) groups excluding carboxylic acids is 1. The summed E-state index contributed by atoms with van der Waals surface area (Å²) >= 11 is 0. The molecule has 1 saturated heterocycles. The van der Waals surface area contributed by atoms with Crippen LogP contribution >= 0.6 is 0 Å². The molecule has 1 aliphatic heterocycles. The molecule has 0 radical (unpaired) electrons. The zero-order chi connectivity index (χ0) is 11.4. The molecular formula is C12H20N2O. The van der Waals surface area contributed by atoms with Crippen LogP contribution in [0, 0.1) is 23.2 Å². The van der Waals surface area contributed by atoms with Crippen LogP contribution in [-0.2, 0) is 4.79 Å². The molecule has 2 unspecified atom stereocenters. The summed E-state index contributed by atoms with van der Waals surface area (Å²) in [6.45, 7) is 7.01. The number of carbonyl (C=O) groups is 1. The van der Waals surface area contributed by atoms with Crippen molar-refractivity contribution in [2.24, 2.45) is 11.8 Å². The van der Waals surface area contributed by atoms with Crippen LogP contribution in [0.2, 0.25) is 0 Å². The van der Waals surface area contributed by atoms with Crippen molar-refractivity contribution in [2.75, 3.05) is 6.54 Å². The van der Waals surface area contributed by atoms with Gasteiger partial charge in [0.05, 0.1) is 6.07 Å². The smallest absolute Gasteiger partial charge is 0.240 e. The third kappa shape index (κ3) is 2.50. The monoisotopic (exact) mass is 208 g/mol. The van der Waals surface area contributed by atoms with Crippen molar-refractivity contribution < 1.29 is 4.79 Å². The van der Waals surface area contributed by atoms with Gasteiger partial charge in [0, 0.05) is 12.6 Å². The second-order valence-electron chi connectivity index (χ2n) is 4.58. The first-order valence-corrected chi connectivity index (χ1v) is 5.81. The van der Waals surface area contributed by atoms with Gasteiger partial charge in [-0.05, 0) is 25.2 Å². The van der Waals surface area contributed by atoms with Gasteiger partial charge in [-0.2, -0.15) is 5.26 Å². The van der Waals surface area contributed by atoms with Crippen LogP contribution in [-0.4, -0.2) is 23.4 Å². The highest BCUT2D eigenvalue weighted by atomic mass is 16.2. The Hall–Kier alpha value is -1.04. The van der Waals surface area contributed by atoms with Gasteiger partial charge in [-0.3, -0.25) is 4.79 Å². The van der Waals surface area contributed by atoms with Gasteiger partial charge in [0.2, 0.25) is 5.91 Å². The van der Waals surface area contributed by atoms with Gasteiger partial charge in [-0.15, -0.1) is 0 Å². The Labute approximate surface area is 92.1 Å². The minimum absolute atomic E-state index is 0.0381. The molecule has 0 spiro atoms. The molecule has 15 heavy (non-hydrogen) atoms. The normalized spacial score (nSPS) is 22.9. The van der Waals surface area contributed by atoms with Crippen LogP contribution in [0.1, 0.15) is 40.0 Å². The molecule has 1 fully saturated rings. The van der Waals surface area contributed by atoms with Crippen LogP contribution in [0.5, 0.6) is 0 Å². The molecule has 0 aliphatic carbocycles. The molecule has 3 heteroatoms. The molecule has 0 aromatic carbocycles. The highest BCUT2D eigenvalue weighted by Crippen LogP contribution is 2.25. The quantitative estimate of drug-likeness (QED) is 0.713. The summed E-state index contributed by atoms with van der Waals surface area (Å²) in [7, 11) is 0. The van der Waals surface area contributed by atoms with Crippen LogP contribution in [0.4, 0.5) is 0 Å². The molecule has 3 nitrogen and oxygen atoms in total. The van der Waals surface area contributed by atoms with Crippen LogP contribution in [0.25, 0.3) is 0 Å². The summed E-state index contributed by atoms with van der Waals surface area (Å²) in [5.41, 5.74) is 0. The van der Waals surface area contributed by atoms with Gasteiger partial charge in [-0.25, -0.2) is 0 Å². The number of likely N-dealkylation sites (tertiary alicyclic amines) is 1. The van der Waals surface area contributed by atoms with E-state index in [4.69, 9.17) is 5.26 Å². The zero-order valence-electron chi connectivity index (χ0n) is 9.86. The number of nitrogens with zero attached hydrogens (tertiary/aromatic N) is 2. The van der Waals surface area contributed by atoms with Crippen molar-refractivity contribution in [3.63, 3.8) is 0 Å². The van der Waals surface area contributed by atoms with Crippen LogP contribution < -0.4 is 0 Å². The lowest BCUT2D eigenvalue weighted by Crippen LogP contribution is -2.41. The van der Waals surface area contributed by atoms with E-state index < -0.39 is 5.92 Å². The highest BCUT2D eigenvalue weighted by Gasteiger charge is 2.33. The molecular weight excluding hydrogens is 188 g/mol. The Balaban J connectivity index is 2.70. The maximum absolute atomic E-state index is 12.0. The van der Waals surface area contributed by atoms with Gasteiger partial charge in [0.25, 0.3) is 0 Å². The minimum atomic E-state index is -0.440. The maximum Gasteiger partial charge on any atom is 0.240 e. The molecule has 1 amide bonds. The Morgan fingerprint density at radius 1 is 1.60 bits per heavy atom. The third-order valence-electron chi connectivity index (χ3n) is 3.21. The Morgan fingerprint density at radius 2 is 2.27 bits per heavy atom. The fraction of sp³-hybridized carbons (Fsp3) is 0.833. The van der Waals surface area contributed by atoms with Gasteiger partial charge >= 0.3 is 0 Å². The van der Waals surface area contributed by atoms with Crippen molar-refractivity contribution in [3.8, 4) is 6.07 Å². The second kappa shape index (κ2) is 5.16. The van der Waals surface area contributed by atoms with E-state index in [1.54, 1.807) is 0 Å². The molecule has 1 heterocycles. The Bertz CT molecular complexity index is 267. The lowest BCUT2D eigenvalue weighted by atomic mass is 10.00. The summed E-state index contributed by atoms with van der Waals surface area (Å²) in [5, 5.41) is 8.88. The largest absolute Gasteiger partial charge is 0.338 e. The second-order valence-corrected chi connectivity index (χ2v) is 4.58. The predicted octanol–water partition coefficient (Wildman–Crippen LogP) is 2.18. The molecule has 0 aromatic rings. The molecule has 0 bridgehead atoms. The summed E-state index contributed by atoms with van der Waals surface area (Å²) in [6.07, 6.45) is 2.79. The minimum Gasteiger partial charge on any atom is -0.338 e. The Kier molecular flexibility index (Phi) is 4.14. The van der Waals surface area contributed by atoms with E-state index in [2.05, 4.69) is 19.9 Å². The Morgan fingerprint density at radius 3 is 2.73 bits per heavy atom. The topological polar surface area (TPSA) is 44.1 Å². The van der Waals surface area contributed by atoms with E-state index in [9.17, 15) is 4.79 Å². The van der Waals surface area contributed by atoms with Gasteiger partial charge in [-0.1, -0.05) is 20.8 Å². The number of hydrogen-bond acceptors (Lipinski definition) is 2. The average Bonchev–Trinajstić information content (AvgIpc) is 2.67. The predicted molar refractivity (Wildman–Crippen MR) is 59.0 cm³/mol. The summed E-state index contributed by atoms with van der Waals surface area (Å²) in [6, 6.07) is 2.44. The van der Waals surface area contributed by atoms with Gasteiger partial charge < -0.3 is 4.90 Å². The SMILES string of the molecule is CCC(C#N)C(=O)N1CCCC1C(C)C. The fourth-order valence-electron chi connectivity index (χ4n) is 2.28. The van der Waals surface area contributed by atoms with Crippen LogP contribution in [0.15, 0.2) is 0 Å².